The van der Waals surface area contributed by atoms with Gasteiger partial charge in [0.15, 0.2) is 0 Å². The van der Waals surface area contributed by atoms with Crippen LogP contribution in [0.4, 0.5) is 0 Å². The van der Waals surface area contributed by atoms with E-state index in [-0.39, 0.29) is 6.54 Å². The fourth-order valence-corrected chi connectivity index (χ4v) is 1.31. The second kappa shape index (κ2) is 7.67. The zero-order valence-electron chi connectivity index (χ0n) is 10.4. The van der Waals surface area contributed by atoms with Crippen molar-refractivity contribution in [3.63, 3.8) is 0 Å². The molecule has 100 valence electrons. The minimum absolute atomic E-state index is 0.108. The van der Waals surface area contributed by atoms with Crippen LogP contribution in [0.15, 0.2) is 39.7 Å². The molecule has 0 aliphatic carbocycles. The molecular formula is C11H14N6O2. The van der Waals surface area contributed by atoms with Gasteiger partial charge < -0.3 is 10.6 Å². The summed E-state index contributed by atoms with van der Waals surface area (Å²) in [5.74, 6) is 4.43. The Morgan fingerprint density at radius 3 is 2.74 bits per heavy atom. The zero-order chi connectivity index (χ0) is 14.1. The molecule has 2 N–H and O–H groups in total. The highest BCUT2D eigenvalue weighted by Crippen LogP contribution is 2.08. The lowest BCUT2D eigenvalue weighted by molar-refractivity contribution is 0.0359. The number of rotatable bonds is 6. The van der Waals surface area contributed by atoms with E-state index in [1.807, 2.05) is 0 Å². The number of esters is 1. The first-order valence-electron chi connectivity index (χ1n) is 5.55. The first-order valence-corrected chi connectivity index (χ1v) is 5.55. The van der Waals surface area contributed by atoms with Gasteiger partial charge in [0.2, 0.25) is 0 Å². The van der Waals surface area contributed by atoms with Gasteiger partial charge in [-0.2, -0.15) is 5.11 Å². The molecule has 1 rings (SSSR count). The topological polar surface area (TPSA) is 126 Å². The normalized spacial score (nSPS) is 11.8. The lowest BCUT2D eigenvalue weighted by Crippen LogP contribution is -2.17. The van der Waals surface area contributed by atoms with Gasteiger partial charge in [-0.05, 0) is 30.2 Å². The van der Waals surface area contributed by atoms with E-state index in [4.69, 9.17) is 16.1 Å². The van der Waals surface area contributed by atoms with Crippen molar-refractivity contribution in [2.75, 3.05) is 6.54 Å². The van der Waals surface area contributed by atoms with Crippen molar-refractivity contribution in [3.05, 3.63) is 45.8 Å². The van der Waals surface area contributed by atoms with Crippen molar-refractivity contribution in [1.82, 2.24) is 0 Å². The predicted octanol–water partition coefficient (Wildman–Crippen LogP) is 2.37. The summed E-state index contributed by atoms with van der Waals surface area (Å²) in [6, 6.07) is 6.74. The number of nitrogens with zero attached hydrogens (tertiary/aromatic N) is 5. The van der Waals surface area contributed by atoms with Crippen LogP contribution in [-0.2, 0) is 11.3 Å². The third-order valence-corrected chi connectivity index (χ3v) is 2.23. The van der Waals surface area contributed by atoms with Gasteiger partial charge in [-0.15, -0.1) is 0 Å². The number of benzene rings is 1. The van der Waals surface area contributed by atoms with Gasteiger partial charge in [0.25, 0.3) is 0 Å². The maximum atomic E-state index is 11.7. The summed E-state index contributed by atoms with van der Waals surface area (Å²) in [6.45, 7) is 2.12. The Balaban J connectivity index is 2.59. The number of carbonyl (C=O) groups excluding carboxylic acids is 1. The molecule has 0 radical (unpaired) electrons. The molecule has 0 aliphatic heterocycles. The SMILES string of the molecule is CC(CN=[N+]=[N-])OC(=O)c1ccc(CN=NN)cc1. The van der Waals surface area contributed by atoms with Gasteiger partial charge in [-0.25, -0.2) is 4.79 Å². The van der Waals surface area contributed by atoms with E-state index in [1.165, 1.54) is 0 Å². The van der Waals surface area contributed by atoms with Crippen LogP contribution < -0.4 is 5.84 Å². The first kappa shape index (κ1) is 14.5. The molecule has 19 heavy (non-hydrogen) atoms. The minimum Gasteiger partial charge on any atom is -0.459 e. The molecule has 0 aliphatic rings. The van der Waals surface area contributed by atoms with E-state index in [0.29, 0.717) is 12.1 Å². The molecule has 0 fully saturated rings. The van der Waals surface area contributed by atoms with Gasteiger partial charge in [0.1, 0.15) is 6.10 Å². The van der Waals surface area contributed by atoms with Crippen molar-refractivity contribution < 1.29 is 9.53 Å². The number of nitrogens with two attached hydrogens (primary N) is 1. The van der Waals surface area contributed by atoms with Gasteiger partial charge in [0.05, 0.1) is 18.7 Å². The molecule has 0 amide bonds. The average Bonchev–Trinajstić information content (AvgIpc) is 2.43. The summed E-state index contributed by atoms with van der Waals surface area (Å²) < 4.78 is 5.09. The lowest BCUT2D eigenvalue weighted by Gasteiger charge is -2.10. The van der Waals surface area contributed by atoms with Crippen molar-refractivity contribution in [1.29, 1.82) is 0 Å². The van der Waals surface area contributed by atoms with Crippen LogP contribution in [0.25, 0.3) is 10.4 Å². The van der Waals surface area contributed by atoms with Gasteiger partial charge in [0, 0.05) is 4.91 Å². The smallest absolute Gasteiger partial charge is 0.338 e. The molecule has 0 saturated heterocycles. The molecular weight excluding hydrogens is 248 g/mol. The van der Waals surface area contributed by atoms with Crippen LogP contribution in [-0.4, -0.2) is 18.6 Å². The van der Waals surface area contributed by atoms with Crippen LogP contribution >= 0.6 is 0 Å². The van der Waals surface area contributed by atoms with Crippen molar-refractivity contribution in [2.45, 2.75) is 19.6 Å². The van der Waals surface area contributed by atoms with Crippen LogP contribution in [0, 0.1) is 0 Å². The van der Waals surface area contributed by atoms with Gasteiger partial charge >= 0.3 is 5.97 Å². The molecule has 1 aromatic carbocycles. The molecule has 1 atom stereocenters. The third-order valence-electron chi connectivity index (χ3n) is 2.23. The fourth-order valence-electron chi connectivity index (χ4n) is 1.31. The Hall–Kier alpha value is -2.60. The number of azide groups is 1. The molecule has 0 bridgehead atoms. The number of ether oxygens (including phenoxy) is 1. The highest BCUT2D eigenvalue weighted by molar-refractivity contribution is 5.89. The third kappa shape index (κ3) is 5.05. The van der Waals surface area contributed by atoms with Crippen molar-refractivity contribution in [3.8, 4) is 0 Å². The standard InChI is InChI=1S/C11H14N6O2/c1-8(6-14-16-12)19-11(18)10-4-2-9(3-5-10)7-15-17-13/h2-5,8H,6-7H2,1H3,(H2,13,15). The van der Waals surface area contributed by atoms with E-state index < -0.39 is 12.1 Å². The average molecular weight is 262 g/mol. The second-order valence-corrected chi connectivity index (χ2v) is 3.74. The van der Waals surface area contributed by atoms with Crippen LogP contribution in [0.3, 0.4) is 0 Å². The summed E-state index contributed by atoms with van der Waals surface area (Å²) in [6.07, 6.45) is -0.464. The van der Waals surface area contributed by atoms with Crippen LogP contribution in [0.1, 0.15) is 22.8 Å². The van der Waals surface area contributed by atoms with Crippen LogP contribution in [0.5, 0.6) is 0 Å². The number of hydrogen-bond acceptors (Lipinski definition) is 5. The molecule has 8 heteroatoms. The highest BCUT2D eigenvalue weighted by Gasteiger charge is 2.11. The second-order valence-electron chi connectivity index (χ2n) is 3.74. The van der Waals surface area contributed by atoms with E-state index in [2.05, 4.69) is 20.4 Å². The Morgan fingerprint density at radius 1 is 1.47 bits per heavy atom. The molecule has 0 spiro atoms. The van der Waals surface area contributed by atoms with Gasteiger partial charge in [-0.3, -0.25) is 0 Å². The molecule has 1 unspecified atom stereocenters. The van der Waals surface area contributed by atoms with Crippen LogP contribution in [0.2, 0.25) is 0 Å². The largest absolute Gasteiger partial charge is 0.459 e. The Bertz CT molecular complexity index is 492. The summed E-state index contributed by atoms with van der Waals surface area (Å²) in [5, 5.41) is 10.1. The first-order chi connectivity index (χ1) is 9.17. The summed E-state index contributed by atoms with van der Waals surface area (Å²) in [7, 11) is 0. The minimum atomic E-state index is -0.465. The van der Waals surface area contributed by atoms with E-state index >= 15 is 0 Å². The predicted molar refractivity (Wildman–Crippen MR) is 68.1 cm³/mol. The molecule has 0 saturated carbocycles. The summed E-state index contributed by atoms with van der Waals surface area (Å²) >= 11 is 0. The maximum Gasteiger partial charge on any atom is 0.338 e. The van der Waals surface area contributed by atoms with Gasteiger partial charge in [-0.1, -0.05) is 22.5 Å². The lowest BCUT2D eigenvalue weighted by atomic mass is 10.1. The van der Waals surface area contributed by atoms with Crippen molar-refractivity contribution >= 4 is 5.97 Å². The Labute approximate surface area is 109 Å². The monoisotopic (exact) mass is 262 g/mol. The quantitative estimate of drug-likeness (QED) is 0.211. The fraction of sp³-hybridized carbons (Fsp3) is 0.364. The van der Waals surface area contributed by atoms with Crippen molar-refractivity contribution in [2.24, 2.45) is 21.3 Å². The molecule has 0 heterocycles. The molecule has 1 aromatic rings. The Kier molecular flexibility index (Phi) is 5.84. The molecule has 0 aromatic heterocycles. The van der Waals surface area contributed by atoms with E-state index in [0.717, 1.165) is 5.56 Å². The van der Waals surface area contributed by atoms with E-state index in [1.54, 1.807) is 31.2 Å². The summed E-state index contributed by atoms with van der Waals surface area (Å²) in [5.41, 5.74) is 9.46. The van der Waals surface area contributed by atoms with E-state index in [9.17, 15) is 4.79 Å². The maximum absolute atomic E-state index is 11.7. The highest BCUT2D eigenvalue weighted by atomic mass is 16.5. The number of hydrogen-bond donors (Lipinski definition) is 1. The molecule has 8 nitrogen and oxygen atoms in total. The zero-order valence-corrected chi connectivity index (χ0v) is 10.4. The summed E-state index contributed by atoms with van der Waals surface area (Å²) in [4.78, 5) is 14.3. The number of carbonyl (C=O) groups is 1. The Morgan fingerprint density at radius 2 is 2.16 bits per heavy atom.